The molecule has 0 spiro atoms. The second-order valence-corrected chi connectivity index (χ2v) is 7.26. The van der Waals surface area contributed by atoms with Crippen LogP contribution in [-0.2, 0) is 11.2 Å². The number of thiophene rings is 1. The van der Waals surface area contributed by atoms with Gasteiger partial charge in [0.1, 0.15) is 0 Å². The van der Waals surface area contributed by atoms with Crippen molar-refractivity contribution < 1.29 is 4.79 Å². The highest BCUT2D eigenvalue weighted by Crippen LogP contribution is 2.24. The van der Waals surface area contributed by atoms with Crippen LogP contribution in [0.5, 0.6) is 0 Å². The van der Waals surface area contributed by atoms with Gasteiger partial charge in [-0.05, 0) is 58.5 Å². The number of hydrogen-bond acceptors (Lipinski definition) is 3. The van der Waals surface area contributed by atoms with Gasteiger partial charge in [-0.3, -0.25) is 4.79 Å². The van der Waals surface area contributed by atoms with Crippen molar-refractivity contribution in [3.05, 3.63) is 59.5 Å². The van der Waals surface area contributed by atoms with Crippen molar-refractivity contribution in [1.29, 1.82) is 0 Å². The summed E-state index contributed by atoms with van der Waals surface area (Å²) in [5, 5.41) is 6.20. The van der Waals surface area contributed by atoms with Crippen LogP contribution in [0.3, 0.4) is 0 Å². The molecule has 0 aliphatic rings. The third-order valence-electron chi connectivity index (χ3n) is 3.34. The van der Waals surface area contributed by atoms with E-state index in [9.17, 15) is 4.79 Å². The van der Waals surface area contributed by atoms with E-state index in [1.807, 2.05) is 42.1 Å². The first-order chi connectivity index (χ1) is 10.7. The molecule has 0 unspecified atom stereocenters. The Morgan fingerprint density at radius 1 is 1.14 bits per heavy atom. The van der Waals surface area contributed by atoms with Crippen LogP contribution < -0.4 is 5.32 Å². The molecule has 3 aromatic rings. The molecule has 22 heavy (non-hydrogen) atoms. The van der Waals surface area contributed by atoms with E-state index in [2.05, 4.69) is 35.8 Å². The van der Waals surface area contributed by atoms with Gasteiger partial charge in [0, 0.05) is 15.3 Å². The van der Waals surface area contributed by atoms with Crippen LogP contribution in [0.25, 0.3) is 10.1 Å². The Morgan fingerprint density at radius 2 is 1.95 bits per heavy atom. The molecule has 0 radical (unpaired) electrons. The largest absolute Gasteiger partial charge is 0.326 e. The molecule has 1 heterocycles. The van der Waals surface area contributed by atoms with Gasteiger partial charge in [-0.15, -0.1) is 23.1 Å². The van der Waals surface area contributed by atoms with Crippen molar-refractivity contribution in [1.82, 2.24) is 0 Å². The van der Waals surface area contributed by atoms with E-state index in [1.54, 1.807) is 11.3 Å². The number of thioether (sulfide) groups is 1. The average molecular weight is 327 g/mol. The Balaban J connectivity index is 1.63. The Bertz CT molecular complexity index is 777. The number of fused-ring (bicyclic) bond motifs is 1. The number of anilines is 1. The molecule has 2 aromatic carbocycles. The molecule has 0 saturated heterocycles. The first-order valence-electron chi connectivity index (χ1n) is 7.23. The number of carbonyl (C=O) groups excluding carboxylic acids is 1. The van der Waals surface area contributed by atoms with Crippen LogP contribution in [-0.4, -0.2) is 11.7 Å². The van der Waals surface area contributed by atoms with Gasteiger partial charge in [0.25, 0.3) is 0 Å². The lowest BCUT2D eigenvalue weighted by atomic mass is 10.1. The van der Waals surface area contributed by atoms with E-state index in [0.29, 0.717) is 6.42 Å². The summed E-state index contributed by atoms with van der Waals surface area (Å²) in [4.78, 5) is 13.4. The van der Waals surface area contributed by atoms with Crippen LogP contribution >= 0.6 is 23.1 Å². The summed E-state index contributed by atoms with van der Waals surface area (Å²) in [6.45, 7) is 2.14. The van der Waals surface area contributed by atoms with Gasteiger partial charge in [-0.25, -0.2) is 0 Å². The van der Waals surface area contributed by atoms with Crippen molar-refractivity contribution in [3.63, 3.8) is 0 Å². The molecule has 0 bridgehead atoms. The third kappa shape index (κ3) is 3.70. The highest BCUT2D eigenvalue weighted by molar-refractivity contribution is 7.99. The summed E-state index contributed by atoms with van der Waals surface area (Å²) in [7, 11) is 0. The van der Waals surface area contributed by atoms with Gasteiger partial charge >= 0.3 is 0 Å². The van der Waals surface area contributed by atoms with Crippen molar-refractivity contribution in [2.24, 2.45) is 0 Å². The maximum Gasteiger partial charge on any atom is 0.228 e. The van der Waals surface area contributed by atoms with Crippen LogP contribution in [0.4, 0.5) is 5.69 Å². The predicted octanol–water partition coefficient (Wildman–Crippen LogP) is 5.19. The summed E-state index contributed by atoms with van der Waals surface area (Å²) in [6.07, 6.45) is 0.402. The van der Waals surface area contributed by atoms with Gasteiger partial charge in [0.15, 0.2) is 0 Å². The van der Waals surface area contributed by atoms with Crippen molar-refractivity contribution in [2.75, 3.05) is 11.1 Å². The van der Waals surface area contributed by atoms with Crippen molar-refractivity contribution >= 4 is 44.8 Å². The second kappa shape index (κ2) is 6.99. The fourth-order valence-corrected chi connectivity index (χ4v) is 3.74. The second-order valence-electron chi connectivity index (χ2n) is 4.98. The molecule has 2 nitrogen and oxygen atoms in total. The maximum atomic E-state index is 12.2. The van der Waals surface area contributed by atoms with Gasteiger partial charge in [0.2, 0.25) is 5.91 Å². The molecule has 0 saturated carbocycles. The minimum atomic E-state index is 0.0190. The zero-order valence-electron chi connectivity index (χ0n) is 12.3. The minimum Gasteiger partial charge on any atom is -0.326 e. The number of hydrogen-bond donors (Lipinski definition) is 1. The van der Waals surface area contributed by atoms with Crippen LogP contribution in [0, 0.1) is 0 Å². The fraction of sp³-hybridized carbons (Fsp3) is 0.167. The normalized spacial score (nSPS) is 10.8. The van der Waals surface area contributed by atoms with Gasteiger partial charge < -0.3 is 5.32 Å². The summed E-state index contributed by atoms with van der Waals surface area (Å²) in [5.41, 5.74) is 1.89. The highest BCUT2D eigenvalue weighted by atomic mass is 32.2. The lowest BCUT2D eigenvalue weighted by Crippen LogP contribution is -2.14. The standard InChI is InChI=1S/C18H17NOS2/c1-2-21-16-6-3-13(4-7-16)11-18(20)19-15-5-8-17-14(12-15)9-10-22-17/h3-10,12H,2,11H2,1H3,(H,19,20). The molecule has 0 aliphatic carbocycles. The van der Waals surface area contributed by atoms with E-state index < -0.39 is 0 Å². The predicted molar refractivity (Wildman–Crippen MR) is 97.0 cm³/mol. The molecule has 0 fully saturated rings. The summed E-state index contributed by atoms with van der Waals surface area (Å²) < 4.78 is 1.24. The van der Waals surface area contributed by atoms with Gasteiger partial charge in [-0.2, -0.15) is 0 Å². The minimum absolute atomic E-state index is 0.0190. The van der Waals surface area contributed by atoms with Crippen molar-refractivity contribution in [2.45, 2.75) is 18.2 Å². The van der Waals surface area contributed by atoms with E-state index in [4.69, 9.17) is 0 Å². The van der Waals surface area contributed by atoms with E-state index >= 15 is 0 Å². The summed E-state index contributed by atoms with van der Waals surface area (Å²) in [6, 6.07) is 16.3. The van der Waals surface area contributed by atoms with Crippen molar-refractivity contribution in [3.8, 4) is 0 Å². The number of benzene rings is 2. The molecule has 0 atom stereocenters. The average Bonchev–Trinajstić information content (AvgIpc) is 2.97. The number of amides is 1. The zero-order chi connectivity index (χ0) is 15.4. The smallest absolute Gasteiger partial charge is 0.228 e. The first-order valence-corrected chi connectivity index (χ1v) is 9.10. The Kier molecular flexibility index (Phi) is 4.80. The third-order valence-corrected chi connectivity index (χ3v) is 5.13. The highest BCUT2D eigenvalue weighted by Gasteiger charge is 2.05. The molecular weight excluding hydrogens is 310 g/mol. The molecule has 1 amide bonds. The number of carbonyl (C=O) groups is 1. The first kappa shape index (κ1) is 15.1. The van der Waals surface area contributed by atoms with Crippen LogP contribution in [0.2, 0.25) is 0 Å². The molecule has 4 heteroatoms. The lowest BCUT2D eigenvalue weighted by Gasteiger charge is -2.06. The van der Waals surface area contributed by atoms with Gasteiger partial charge in [0.05, 0.1) is 6.42 Å². The topological polar surface area (TPSA) is 29.1 Å². The molecule has 1 aromatic heterocycles. The monoisotopic (exact) mass is 327 g/mol. The number of nitrogens with one attached hydrogen (secondary N) is 1. The molecular formula is C18H17NOS2. The maximum absolute atomic E-state index is 12.2. The van der Waals surface area contributed by atoms with E-state index in [-0.39, 0.29) is 5.91 Å². The summed E-state index contributed by atoms with van der Waals surface area (Å²) >= 11 is 3.52. The van der Waals surface area contributed by atoms with Crippen LogP contribution in [0.1, 0.15) is 12.5 Å². The molecule has 3 rings (SSSR count). The Morgan fingerprint density at radius 3 is 2.73 bits per heavy atom. The van der Waals surface area contributed by atoms with Gasteiger partial charge in [-0.1, -0.05) is 19.1 Å². The Hall–Kier alpha value is -1.78. The number of rotatable bonds is 5. The van der Waals surface area contributed by atoms with E-state index in [1.165, 1.54) is 15.0 Å². The quantitative estimate of drug-likeness (QED) is 0.653. The summed E-state index contributed by atoms with van der Waals surface area (Å²) in [5.74, 6) is 1.08. The zero-order valence-corrected chi connectivity index (χ0v) is 14.0. The molecule has 0 aliphatic heterocycles. The lowest BCUT2D eigenvalue weighted by molar-refractivity contribution is -0.115. The molecule has 1 N–H and O–H groups in total. The SMILES string of the molecule is CCSc1ccc(CC(=O)Nc2ccc3sccc3c2)cc1. The van der Waals surface area contributed by atoms with Crippen LogP contribution in [0.15, 0.2) is 58.8 Å². The fourth-order valence-electron chi connectivity index (χ4n) is 2.31. The molecule has 112 valence electrons. The Labute approximate surface area is 138 Å². The van der Waals surface area contributed by atoms with E-state index in [0.717, 1.165) is 17.0 Å².